The third kappa shape index (κ3) is 8.74. The van der Waals surface area contributed by atoms with Crippen LogP contribution in [0.15, 0.2) is 12.7 Å². The SMILES string of the molecule is C=CC(=O)OCCOC(=O)CCCC(=O)O. The number of carboxylic acid groups (broad SMARTS) is 1. The van der Waals surface area contributed by atoms with Crippen LogP contribution in [-0.4, -0.2) is 36.2 Å². The van der Waals surface area contributed by atoms with Crippen molar-refractivity contribution in [1.82, 2.24) is 0 Å². The largest absolute Gasteiger partial charge is 0.481 e. The summed E-state index contributed by atoms with van der Waals surface area (Å²) in [5.74, 6) is -2.04. The highest BCUT2D eigenvalue weighted by Gasteiger charge is 2.05. The highest BCUT2D eigenvalue weighted by molar-refractivity contribution is 5.81. The minimum atomic E-state index is -0.951. The Morgan fingerprint density at radius 2 is 1.75 bits per heavy atom. The van der Waals surface area contributed by atoms with Gasteiger partial charge >= 0.3 is 17.9 Å². The van der Waals surface area contributed by atoms with Gasteiger partial charge in [-0.15, -0.1) is 0 Å². The Morgan fingerprint density at radius 1 is 1.12 bits per heavy atom. The summed E-state index contributed by atoms with van der Waals surface area (Å²) >= 11 is 0. The van der Waals surface area contributed by atoms with Crippen LogP contribution in [0.1, 0.15) is 19.3 Å². The Labute approximate surface area is 92.8 Å². The molecule has 0 heterocycles. The smallest absolute Gasteiger partial charge is 0.330 e. The van der Waals surface area contributed by atoms with Crippen LogP contribution >= 0.6 is 0 Å². The zero-order valence-corrected chi connectivity index (χ0v) is 8.81. The van der Waals surface area contributed by atoms with Gasteiger partial charge in [-0.2, -0.15) is 0 Å². The number of carbonyl (C=O) groups is 3. The number of hydrogen-bond acceptors (Lipinski definition) is 5. The fourth-order valence-electron chi connectivity index (χ4n) is 0.813. The van der Waals surface area contributed by atoms with Gasteiger partial charge in [-0.05, 0) is 6.42 Å². The molecule has 90 valence electrons. The van der Waals surface area contributed by atoms with E-state index < -0.39 is 17.9 Å². The van der Waals surface area contributed by atoms with Crippen molar-refractivity contribution in [3.63, 3.8) is 0 Å². The maximum atomic E-state index is 11.0. The van der Waals surface area contributed by atoms with Gasteiger partial charge in [0.05, 0.1) is 0 Å². The minimum Gasteiger partial charge on any atom is -0.481 e. The highest BCUT2D eigenvalue weighted by Crippen LogP contribution is 1.97. The maximum Gasteiger partial charge on any atom is 0.330 e. The summed E-state index contributed by atoms with van der Waals surface area (Å²) < 4.78 is 9.23. The topological polar surface area (TPSA) is 89.9 Å². The molecule has 0 bridgehead atoms. The van der Waals surface area contributed by atoms with E-state index in [1.54, 1.807) is 0 Å². The monoisotopic (exact) mass is 230 g/mol. The van der Waals surface area contributed by atoms with Crippen molar-refractivity contribution in [2.45, 2.75) is 19.3 Å². The van der Waals surface area contributed by atoms with E-state index in [4.69, 9.17) is 5.11 Å². The second kappa shape index (κ2) is 8.46. The third-order valence-corrected chi connectivity index (χ3v) is 1.53. The molecule has 16 heavy (non-hydrogen) atoms. The maximum absolute atomic E-state index is 11.0. The quantitative estimate of drug-likeness (QED) is 0.371. The molecule has 0 radical (unpaired) electrons. The van der Waals surface area contributed by atoms with Crippen molar-refractivity contribution in [3.8, 4) is 0 Å². The molecule has 0 aromatic heterocycles. The number of esters is 2. The van der Waals surface area contributed by atoms with E-state index in [1.165, 1.54) is 0 Å². The van der Waals surface area contributed by atoms with Gasteiger partial charge in [0, 0.05) is 18.9 Å². The van der Waals surface area contributed by atoms with E-state index in [0.29, 0.717) is 0 Å². The third-order valence-electron chi connectivity index (χ3n) is 1.53. The lowest BCUT2D eigenvalue weighted by Gasteiger charge is -2.04. The molecular weight excluding hydrogens is 216 g/mol. The lowest BCUT2D eigenvalue weighted by Crippen LogP contribution is -2.12. The molecule has 0 spiro atoms. The second-order valence-corrected chi connectivity index (χ2v) is 2.84. The predicted molar refractivity (Wildman–Crippen MR) is 53.6 cm³/mol. The van der Waals surface area contributed by atoms with Crippen LogP contribution in [0.3, 0.4) is 0 Å². The molecule has 0 fully saturated rings. The number of ether oxygens (including phenoxy) is 2. The molecule has 1 N–H and O–H groups in total. The first kappa shape index (κ1) is 14.2. The van der Waals surface area contributed by atoms with E-state index in [0.717, 1.165) is 6.08 Å². The molecule has 0 aliphatic heterocycles. The Balaban J connectivity index is 3.40. The average molecular weight is 230 g/mol. The van der Waals surface area contributed by atoms with Crippen LogP contribution in [0.25, 0.3) is 0 Å². The van der Waals surface area contributed by atoms with Crippen molar-refractivity contribution < 1.29 is 29.0 Å². The van der Waals surface area contributed by atoms with Gasteiger partial charge < -0.3 is 14.6 Å². The highest BCUT2D eigenvalue weighted by atomic mass is 16.6. The van der Waals surface area contributed by atoms with E-state index in [1.807, 2.05) is 0 Å². The van der Waals surface area contributed by atoms with E-state index in [2.05, 4.69) is 16.1 Å². The molecule has 0 aliphatic rings. The summed E-state index contributed by atoms with van der Waals surface area (Å²) in [4.78, 5) is 31.7. The van der Waals surface area contributed by atoms with Crippen molar-refractivity contribution in [2.24, 2.45) is 0 Å². The molecule has 0 aromatic carbocycles. The minimum absolute atomic E-state index is 0.0322. The molecule has 0 saturated carbocycles. The summed E-state index contributed by atoms with van der Waals surface area (Å²) in [6.07, 6.45) is 1.22. The Morgan fingerprint density at radius 3 is 2.31 bits per heavy atom. The molecule has 0 atom stereocenters. The Kier molecular flexibility index (Phi) is 7.48. The summed E-state index contributed by atoms with van der Waals surface area (Å²) in [6, 6.07) is 0. The standard InChI is InChI=1S/C10H14O6/c1-2-9(13)15-6-7-16-10(14)5-3-4-8(11)12/h2H,1,3-7H2,(H,11,12). The number of carboxylic acids is 1. The molecule has 6 heteroatoms. The number of carbonyl (C=O) groups excluding carboxylic acids is 2. The Hall–Kier alpha value is -1.85. The Bertz CT molecular complexity index is 270. The summed E-state index contributed by atoms with van der Waals surface area (Å²) in [5, 5.41) is 8.31. The fourth-order valence-corrected chi connectivity index (χ4v) is 0.813. The lowest BCUT2D eigenvalue weighted by molar-refractivity contribution is -0.150. The van der Waals surface area contributed by atoms with Crippen molar-refractivity contribution >= 4 is 17.9 Å². The van der Waals surface area contributed by atoms with Gasteiger partial charge in [0.15, 0.2) is 0 Å². The van der Waals surface area contributed by atoms with Gasteiger partial charge in [-0.3, -0.25) is 9.59 Å². The van der Waals surface area contributed by atoms with Crippen LogP contribution in [0.2, 0.25) is 0 Å². The van der Waals surface area contributed by atoms with Crippen molar-refractivity contribution in [1.29, 1.82) is 0 Å². The van der Waals surface area contributed by atoms with Gasteiger partial charge in [0.1, 0.15) is 13.2 Å². The van der Waals surface area contributed by atoms with E-state index in [-0.39, 0.29) is 32.5 Å². The first-order valence-corrected chi connectivity index (χ1v) is 4.73. The van der Waals surface area contributed by atoms with Crippen LogP contribution in [0.5, 0.6) is 0 Å². The molecule has 0 aliphatic carbocycles. The zero-order chi connectivity index (χ0) is 12.4. The fraction of sp³-hybridized carbons (Fsp3) is 0.500. The lowest BCUT2D eigenvalue weighted by atomic mass is 10.2. The van der Waals surface area contributed by atoms with Crippen molar-refractivity contribution in [3.05, 3.63) is 12.7 Å². The van der Waals surface area contributed by atoms with Crippen LogP contribution in [0.4, 0.5) is 0 Å². The van der Waals surface area contributed by atoms with E-state index in [9.17, 15) is 14.4 Å². The van der Waals surface area contributed by atoms with Gasteiger partial charge in [-0.1, -0.05) is 6.58 Å². The molecule has 0 saturated heterocycles. The molecule has 0 aromatic rings. The molecule has 6 nitrogen and oxygen atoms in total. The van der Waals surface area contributed by atoms with Crippen LogP contribution in [0, 0.1) is 0 Å². The van der Waals surface area contributed by atoms with Gasteiger partial charge in [0.2, 0.25) is 0 Å². The van der Waals surface area contributed by atoms with Crippen molar-refractivity contribution in [2.75, 3.05) is 13.2 Å². The second-order valence-electron chi connectivity index (χ2n) is 2.84. The number of hydrogen-bond donors (Lipinski definition) is 1. The molecule has 0 unspecified atom stereocenters. The number of aliphatic carboxylic acids is 1. The predicted octanol–water partition coefficient (Wildman–Crippen LogP) is 0.514. The summed E-state index contributed by atoms with van der Waals surface area (Å²) in [5.41, 5.74) is 0. The number of rotatable bonds is 8. The summed E-state index contributed by atoms with van der Waals surface area (Å²) in [7, 11) is 0. The average Bonchev–Trinajstić information content (AvgIpc) is 2.23. The zero-order valence-electron chi connectivity index (χ0n) is 8.81. The molecule has 0 amide bonds. The van der Waals surface area contributed by atoms with Gasteiger partial charge in [0.25, 0.3) is 0 Å². The van der Waals surface area contributed by atoms with Crippen LogP contribution in [-0.2, 0) is 23.9 Å². The first-order chi connectivity index (χ1) is 7.56. The summed E-state index contributed by atoms with van der Waals surface area (Å²) in [6.45, 7) is 3.13. The first-order valence-electron chi connectivity index (χ1n) is 4.73. The van der Waals surface area contributed by atoms with Gasteiger partial charge in [-0.25, -0.2) is 4.79 Å². The van der Waals surface area contributed by atoms with E-state index >= 15 is 0 Å². The normalized spacial score (nSPS) is 9.25. The molecular formula is C10H14O6. The molecule has 0 rings (SSSR count). The van der Waals surface area contributed by atoms with Crippen LogP contribution < -0.4 is 0 Å².